The quantitative estimate of drug-likeness (QED) is 0.475. The number of benzene rings is 1. The molecular formula is C14H18N2O4S. The topological polar surface area (TPSA) is 80.5 Å². The van der Waals surface area contributed by atoms with E-state index in [-0.39, 0.29) is 5.69 Å². The first-order valence-electron chi connectivity index (χ1n) is 6.82. The van der Waals surface area contributed by atoms with E-state index in [2.05, 4.69) is 6.58 Å². The second kappa shape index (κ2) is 6.36. The van der Waals surface area contributed by atoms with Crippen molar-refractivity contribution < 1.29 is 13.3 Å². The molecule has 1 aromatic rings. The van der Waals surface area contributed by atoms with Gasteiger partial charge in [-0.15, -0.1) is 6.58 Å². The van der Waals surface area contributed by atoms with Crippen LogP contribution in [-0.2, 0) is 10.0 Å². The van der Waals surface area contributed by atoms with E-state index in [1.807, 2.05) is 0 Å². The highest BCUT2D eigenvalue weighted by molar-refractivity contribution is 7.89. The van der Waals surface area contributed by atoms with Gasteiger partial charge < -0.3 is 0 Å². The number of nitro groups is 1. The molecule has 1 aliphatic rings. The molecule has 0 N–H and O–H groups in total. The van der Waals surface area contributed by atoms with Crippen molar-refractivity contribution in [3.63, 3.8) is 0 Å². The Labute approximate surface area is 124 Å². The zero-order valence-corrected chi connectivity index (χ0v) is 12.5. The number of piperidine rings is 1. The molecule has 0 aromatic heterocycles. The number of rotatable bonds is 5. The lowest BCUT2D eigenvalue weighted by Gasteiger charge is -2.29. The van der Waals surface area contributed by atoms with Crippen LogP contribution in [0, 0.1) is 10.1 Å². The molecule has 114 valence electrons. The Morgan fingerprint density at radius 1 is 1.19 bits per heavy atom. The molecule has 1 aliphatic heterocycles. The second-order valence-electron chi connectivity index (χ2n) is 5.01. The van der Waals surface area contributed by atoms with E-state index in [1.54, 1.807) is 0 Å². The van der Waals surface area contributed by atoms with Crippen LogP contribution >= 0.6 is 0 Å². The third-order valence-corrected chi connectivity index (χ3v) is 5.83. The van der Waals surface area contributed by atoms with Crippen LogP contribution in [0.1, 0.15) is 30.1 Å². The number of hydrogen-bond donors (Lipinski definition) is 0. The number of nitrogens with zero attached hydrogens (tertiary/aromatic N) is 2. The van der Waals surface area contributed by atoms with Crippen molar-refractivity contribution in [2.24, 2.45) is 0 Å². The molecule has 2 rings (SSSR count). The lowest BCUT2D eigenvalue weighted by Crippen LogP contribution is -2.38. The van der Waals surface area contributed by atoms with Crippen LogP contribution in [0.25, 0.3) is 0 Å². The van der Waals surface area contributed by atoms with Crippen molar-refractivity contribution >= 4 is 15.7 Å². The summed E-state index contributed by atoms with van der Waals surface area (Å²) >= 11 is 0. The van der Waals surface area contributed by atoms with Gasteiger partial charge in [0.15, 0.2) is 0 Å². The zero-order chi connectivity index (χ0) is 15.5. The average molecular weight is 310 g/mol. The predicted octanol–water partition coefficient (Wildman–Crippen LogP) is 2.64. The molecule has 21 heavy (non-hydrogen) atoms. The third-order valence-electron chi connectivity index (χ3n) is 3.64. The molecule has 0 spiro atoms. The molecule has 0 bridgehead atoms. The summed E-state index contributed by atoms with van der Waals surface area (Å²) in [6.45, 7) is 4.67. The van der Waals surface area contributed by atoms with Gasteiger partial charge in [-0.2, -0.15) is 0 Å². The Morgan fingerprint density at radius 3 is 2.24 bits per heavy atom. The van der Waals surface area contributed by atoms with Gasteiger partial charge in [-0.1, -0.05) is 24.6 Å². The van der Waals surface area contributed by atoms with E-state index in [9.17, 15) is 18.5 Å². The molecule has 1 aromatic carbocycles. The summed E-state index contributed by atoms with van der Waals surface area (Å²) in [5.74, 6) is 0. The van der Waals surface area contributed by atoms with E-state index < -0.39 is 20.2 Å². The van der Waals surface area contributed by atoms with E-state index >= 15 is 0 Å². The molecule has 1 unspecified atom stereocenters. The van der Waals surface area contributed by atoms with Gasteiger partial charge in [0, 0.05) is 25.2 Å². The number of non-ortho nitro benzene ring substituents is 1. The normalized spacial score (nSPS) is 18.1. The van der Waals surface area contributed by atoms with Gasteiger partial charge in [0.1, 0.15) is 5.25 Å². The van der Waals surface area contributed by atoms with Gasteiger partial charge in [0.05, 0.1) is 4.92 Å². The molecule has 0 aliphatic carbocycles. The maximum atomic E-state index is 12.7. The zero-order valence-electron chi connectivity index (χ0n) is 11.6. The molecule has 6 nitrogen and oxygen atoms in total. The number of sulfonamides is 1. The fraction of sp³-hybridized carbons (Fsp3) is 0.429. The van der Waals surface area contributed by atoms with Gasteiger partial charge in [-0.25, -0.2) is 12.7 Å². The first kappa shape index (κ1) is 15.7. The Bertz CT molecular complexity index is 619. The van der Waals surface area contributed by atoms with Crippen molar-refractivity contribution in [3.05, 3.63) is 52.6 Å². The molecule has 0 radical (unpaired) electrons. The first-order chi connectivity index (χ1) is 9.96. The van der Waals surface area contributed by atoms with Crippen molar-refractivity contribution in [1.29, 1.82) is 0 Å². The predicted molar refractivity (Wildman–Crippen MR) is 80.4 cm³/mol. The standard InChI is InChI=1S/C14H18N2O4S/c1-2-14(12-6-8-13(9-7-12)16(17)18)21(19,20)15-10-4-3-5-11-15/h2,6-9,14H,1,3-5,10-11H2. The lowest BCUT2D eigenvalue weighted by molar-refractivity contribution is -0.384. The molecule has 1 atom stereocenters. The summed E-state index contributed by atoms with van der Waals surface area (Å²) in [5.41, 5.74) is 0.443. The first-order valence-corrected chi connectivity index (χ1v) is 8.33. The van der Waals surface area contributed by atoms with Crippen LogP contribution in [0.4, 0.5) is 5.69 Å². The summed E-state index contributed by atoms with van der Waals surface area (Å²) in [7, 11) is -3.51. The molecule has 7 heteroatoms. The molecule has 1 heterocycles. The minimum Gasteiger partial charge on any atom is -0.258 e. The second-order valence-corrected chi connectivity index (χ2v) is 7.06. The van der Waals surface area contributed by atoms with Crippen molar-refractivity contribution in [2.75, 3.05) is 13.1 Å². The highest BCUT2D eigenvalue weighted by Gasteiger charge is 2.32. The fourth-order valence-electron chi connectivity index (χ4n) is 2.50. The molecule has 1 saturated heterocycles. The van der Waals surface area contributed by atoms with Crippen LogP contribution in [0.15, 0.2) is 36.9 Å². The summed E-state index contributed by atoms with van der Waals surface area (Å²) in [4.78, 5) is 10.1. The average Bonchev–Trinajstić information content (AvgIpc) is 2.49. The van der Waals surface area contributed by atoms with E-state index in [1.165, 1.54) is 34.6 Å². The van der Waals surface area contributed by atoms with Crippen molar-refractivity contribution in [2.45, 2.75) is 24.5 Å². The van der Waals surface area contributed by atoms with Gasteiger partial charge >= 0.3 is 0 Å². The van der Waals surface area contributed by atoms with E-state index in [0.29, 0.717) is 18.7 Å². The largest absolute Gasteiger partial charge is 0.269 e. The Morgan fingerprint density at radius 2 is 1.76 bits per heavy atom. The summed E-state index contributed by atoms with van der Waals surface area (Å²) in [6.07, 6.45) is 4.15. The van der Waals surface area contributed by atoms with Crippen LogP contribution < -0.4 is 0 Å². The maximum Gasteiger partial charge on any atom is 0.269 e. The molecule has 0 amide bonds. The van der Waals surface area contributed by atoms with Crippen molar-refractivity contribution in [3.8, 4) is 0 Å². The number of nitro benzene ring substituents is 1. The highest BCUT2D eigenvalue weighted by Crippen LogP contribution is 2.29. The molecule has 1 fully saturated rings. The van der Waals surface area contributed by atoms with Crippen LogP contribution in [0.5, 0.6) is 0 Å². The number of hydrogen-bond acceptors (Lipinski definition) is 4. The minimum absolute atomic E-state index is 0.0584. The van der Waals surface area contributed by atoms with E-state index in [0.717, 1.165) is 19.3 Å². The Balaban J connectivity index is 2.29. The minimum atomic E-state index is -3.51. The van der Waals surface area contributed by atoms with Gasteiger partial charge in [0.2, 0.25) is 10.0 Å². The smallest absolute Gasteiger partial charge is 0.258 e. The van der Waals surface area contributed by atoms with Gasteiger partial charge in [-0.3, -0.25) is 10.1 Å². The fourth-order valence-corrected chi connectivity index (χ4v) is 4.33. The monoisotopic (exact) mass is 310 g/mol. The Kier molecular flexibility index (Phi) is 4.74. The lowest BCUT2D eigenvalue weighted by atomic mass is 10.1. The van der Waals surface area contributed by atoms with Gasteiger partial charge in [-0.05, 0) is 18.4 Å². The van der Waals surface area contributed by atoms with Gasteiger partial charge in [0.25, 0.3) is 5.69 Å². The van der Waals surface area contributed by atoms with Crippen LogP contribution in [-0.4, -0.2) is 30.7 Å². The maximum absolute atomic E-state index is 12.7. The highest BCUT2D eigenvalue weighted by atomic mass is 32.2. The SMILES string of the molecule is C=CC(c1ccc([N+](=O)[O-])cc1)S(=O)(=O)N1CCCCC1. The molecular weight excluding hydrogens is 292 g/mol. The summed E-state index contributed by atoms with van der Waals surface area (Å²) in [5, 5.41) is 9.79. The summed E-state index contributed by atoms with van der Waals surface area (Å²) < 4.78 is 26.8. The Hall–Kier alpha value is -1.73. The van der Waals surface area contributed by atoms with Crippen molar-refractivity contribution in [1.82, 2.24) is 4.31 Å². The van der Waals surface area contributed by atoms with Crippen LogP contribution in [0.3, 0.4) is 0 Å². The van der Waals surface area contributed by atoms with E-state index in [4.69, 9.17) is 0 Å². The summed E-state index contributed by atoms with van der Waals surface area (Å²) in [6, 6.07) is 5.59. The third kappa shape index (κ3) is 3.30. The molecule has 0 saturated carbocycles. The van der Waals surface area contributed by atoms with Crippen LogP contribution in [0.2, 0.25) is 0 Å².